The Morgan fingerprint density at radius 1 is 0.939 bits per heavy atom. The van der Waals surface area contributed by atoms with Crippen LogP contribution in [0.5, 0.6) is 0 Å². The first kappa shape index (κ1) is 24.3. The molecule has 0 saturated heterocycles. The molecule has 2 unspecified atom stereocenters. The van der Waals surface area contributed by atoms with Crippen LogP contribution in [0.15, 0.2) is 48.5 Å². The summed E-state index contributed by atoms with van der Waals surface area (Å²) in [4.78, 5) is 36.6. The van der Waals surface area contributed by atoms with Crippen molar-refractivity contribution in [2.24, 2.45) is 11.3 Å². The lowest BCUT2D eigenvalue weighted by Crippen LogP contribution is -2.53. The Kier molecular flexibility index (Phi) is 7.10. The lowest BCUT2D eigenvalue weighted by Gasteiger charge is -2.30. The second-order valence-corrected chi connectivity index (χ2v) is 9.69. The molecular formula is C26H32N2O5. The Labute approximate surface area is 194 Å². The molecule has 3 rings (SSSR count). The topological polar surface area (TPSA) is 105 Å². The van der Waals surface area contributed by atoms with Gasteiger partial charge in [0.05, 0.1) is 5.92 Å². The van der Waals surface area contributed by atoms with Crippen LogP contribution < -0.4 is 10.6 Å². The third-order valence-corrected chi connectivity index (χ3v) is 6.25. The van der Waals surface area contributed by atoms with Crippen molar-refractivity contribution >= 4 is 18.0 Å². The number of amides is 2. The van der Waals surface area contributed by atoms with Gasteiger partial charge in [0.1, 0.15) is 12.6 Å². The SMILES string of the molecule is CC(NC(=O)OCC1c2ccccc2-c2ccccc21)C(C)C(=O)N[C@@H](C(=O)O)C(C)(C)C. The average molecular weight is 453 g/mol. The summed E-state index contributed by atoms with van der Waals surface area (Å²) in [6.45, 7) is 8.75. The van der Waals surface area contributed by atoms with Gasteiger partial charge in [0.2, 0.25) is 5.91 Å². The number of hydrogen-bond donors (Lipinski definition) is 3. The number of ether oxygens (including phenoxy) is 1. The molecule has 0 spiro atoms. The predicted molar refractivity (Wildman–Crippen MR) is 126 cm³/mol. The smallest absolute Gasteiger partial charge is 0.407 e. The lowest BCUT2D eigenvalue weighted by molar-refractivity contribution is -0.145. The second-order valence-electron chi connectivity index (χ2n) is 9.69. The largest absolute Gasteiger partial charge is 0.480 e. The van der Waals surface area contributed by atoms with Crippen molar-refractivity contribution in [3.05, 3.63) is 59.7 Å². The van der Waals surface area contributed by atoms with E-state index in [2.05, 4.69) is 22.8 Å². The summed E-state index contributed by atoms with van der Waals surface area (Å²) in [6.07, 6.45) is -0.616. The van der Waals surface area contributed by atoms with E-state index in [4.69, 9.17) is 4.74 Å². The maximum atomic E-state index is 12.6. The highest BCUT2D eigenvalue weighted by molar-refractivity contribution is 5.86. The molecular weight excluding hydrogens is 420 g/mol. The van der Waals surface area contributed by atoms with E-state index in [0.29, 0.717) is 0 Å². The molecule has 1 aliphatic rings. The number of carbonyl (C=O) groups excluding carboxylic acids is 2. The molecule has 1 aliphatic carbocycles. The number of alkyl carbamates (subject to hydrolysis) is 1. The van der Waals surface area contributed by atoms with Crippen LogP contribution in [0.2, 0.25) is 0 Å². The maximum absolute atomic E-state index is 12.6. The molecule has 2 aromatic carbocycles. The van der Waals surface area contributed by atoms with E-state index in [0.717, 1.165) is 22.3 Å². The number of nitrogens with one attached hydrogen (secondary N) is 2. The third kappa shape index (κ3) is 5.35. The van der Waals surface area contributed by atoms with Crippen LogP contribution in [-0.4, -0.2) is 41.8 Å². The van der Waals surface area contributed by atoms with Crippen molar-refractivity contribution in [2.75, 3.05) is 6.61 Å². The molecule has 0 fully saturated rings. The van der Waals surface area contributed by atoms with Gasteiger partial charge in [-0.1, -0.05) is 76.2 Å². The van der Waals surface area contributed by atoms with Gasteiger partial charge >= 0.3 is 12.1 Å². The van der Waals surface area contributed by atoms with Crippen LogP contribution in [0.4, 0.5) is 4.79 Å². The fraction of sp³-hybridized carbons (Fsp3) is 0.423. The van der Waals surface area contributed by atoms with Gasteiger partial charge in [-0.3, -0.25) is 4.79 Å². The average Bonchev–Trinajstić information content (AvgIpc) is 3.08. The normalized spacial score (nSPS) is 15.5. The highest BCUT2D eigenvalue weighted by Gasteiger charge is 2.35. The third-order valence-electron chi connectivity index (χ3n) is 6.25. The van der Waals surface area contributed by atoms with Crippen LogP contribution in [0.1, 0.15) is 51.7 Å². The summed E-state index contributed by atoms with van der Waals surface area (Å²) >= 11 is 0. The van der Waals surface area contributed by atoms with Gasteiger partial charge in [-0.05, 0) is 34.6 Å². The number of aliphatic carboxylic acids is 1. The monoisotopic (exact) mass is 452 g/mol. The fourth-order valence-corrected chi connectivity index (χ4v) is 4.10. The number of benzene rings is 2. The fourth-order valence-electron chi connectivity index (χ4n) is 4.10. The number of carboxylic acid groups (broad SMARTS) is 1. The van der Waals surface area contributed by atoms with Crippen molar-refractivity contribution in [3.63, 3.8) is 0 Å². The molecule has 7 nitrogen and oxygen atoms in total. The quantitative estimate of drug-likeness (QED) is 0.585. The molecule has 0 saturated carbocycles. The molecule has 3 atom stereocenters. The van der Waals surface area contributed by atoms with Crippen molar-refractivity contribution in [3.8, 4) is 11.1 Å². The van der Waals surface area contributed by atoms with Gasteiger partial charge in [0.25, 0.3) is 0 Å². The zero-order chi connectivity index (χ0) is 24.3. The molecule has 33 heavy (non-hydrogen) atoms. The van der Waals surface area contributed by atoms with E-state index in [1.165, 1.54) is 0 Å². The predicted octanol–water partition coefficient (Wildman–Crippen LogP) is 4.17. The van der Waals surface area contributed by atoms with Gasteiger partial charge in [0.15, 0.2) is 0 Å². The first-order chi connectivity index (χ1) is 15.5. The van der Waals surface area contributed by atoms with E-state index < -0.39 is 41.4 Å². The Hall–Kier alpha value is -3.35. The first-order valence-corrected chi connectivity index (χ1v) is 11.2. The van der Waals surface area contributed by atoms with Crippen LogP contribution in [0.3, 0.4) is 0 Å². The van der Waals surface area contributed by atoms with E-state index in [-0.39, 0.29) is 12.5 Å². The number of fused-ring (bicyclic) bond motifs is 3. The van der Waals surface area contributed by atoms with Gasteiger partial charge < -0.3 is 20.5 Å². The zero-order valence-electron chi connectivity index (χ0n) is 19.7. The Bertz CT molecular complexity index is 997. The molecule has 176 valence electrons. The number of carbonyl (C=O) groups is 3. The van der Waals surface area contributed by atoms with Gasteiger partial charge in [-0.2, -0.15) is 0 Å². The van der Waals surface area contributed by atoms with Crippen LogP contribution in [0.25, 0.3) is 11.1 Å². The zero-order valence-corrected chi connectivity index (χ0v) is 19.7. The standard InChI is InChI=1S/C26H32N2O5/c1-15(23(29)28-22(24(30)31)26(3,4)5)16(2)27-25(32)33-14-21-19-12-8-6-10-17(19)18-11-7-9-13-20(18)21/h6-13,15-16,21-22H,14H2,1-5H3,(H,27,32)(H,28,29)(H,30,31)/t15?,16?,22-/m0/s1. The summed E-state index contributed by atoms with van der Waals surface area (Å²) < 4.78 is 5.54. The van der Waals surface area contributed by atoms with Crippen LogP contribution in [-0.2, 0) is 14.3 Å². The van der Waals surface area contributed by atoms with Gasteiger partial charge in [0, 0.05) is 12.0 Å². The highest BCUT2D eigenvalue weighted by Crippen LogP contribution is 2.44. The van der Waals surface area contributed by atoms with E-state index >= 15 is 0 Å². The van der Waals surface area contributed by atoms with Crippen LogP contribution >= 0.6 is 0 Å². The van der Waals surface area contributed by atoms with Crippen molar-refractivity contribution in [1.82, 2.24) is 10.6 Å². The Morgan fingerprint density at radius 3 is 1.94 bits per heavy atom. The molecule has 7 heteroatoms. The van der Waals surface area contributed by atoms with E-state index in [9.17, 15) is 19.5 Å². The van der Waals surface area contributed by atoms with Gasteiger partial charge in [-0.15, -0.1) is 0 Å². The highest BCUT2D eigenvalue weighted by atomic mass is 16.5. The summed E-state index contributed by atoms with van der Waals surface area (Å²) in [5, 5.41) is 14.7. The molecule has 3 N–H and O–H groups in total. The van der Waals surface area contributed by atoms with E-state index in [1.54, 1.807) is 34.6 Å². The minimum atomic E-state index is -1.10. The molecule has 0 aromatic heterocycles. The molecule has 2 aromatic rings. The minimum Gasteiger partial charge on any atom is -0.480 e. The van der Waals surface area contributed by atoms with Gasteiger partial charge in [-0.25, -0.2) is 9.59 Å². The second kappa shape index (κ2) is 9.65. The van der Waals surface area contributed by atoms with Crippen molar-refractivity contribution in [1.29, 1.82) is 0 Å². The molecule has 0 heterocycles. The van der Waals surface area contributed by atoms with Crippen molar-refractivity contribution < 1.29 is 24.2 Å². The molecule has 0 radical (unpaired) electrons. The number of hydrogen-bond acceptors (Lipinski definition) is 4. The van der Waals surface area contributed by atoms with Crippen molar-refractivity contribution in [2.45, 2.75) is 52.6 Å². The number of rotatable bonds is 7. The summed E-state index contributed by atoms with van der Waals surface area (Å²) in [5.74, 6) is -2.24. The lowest BCUT2D eigenvalue weighted by atomic mass is 9.86. The Balaban J connectivity index is 1.59. The maximum Gasteiger partial charge on any atom is 0.407 e. The first-order valence-electron chi connectivity index (χ1n) is 11.2. The van der Waals surface area contributed by atoms with E-state index in [1.807, 2.05) is 36.4 Å². The molecule has 0 aliphatic heterocycles. The summed E-state index contributed by atoms with van der Waals surface area (Å²) in [5.41, 5.74) is 3.88. The molecule has 2 amide bonds. The Morgan fingerprint density at radius 2 is 1.45 bits per heavy atom. The van der Waals surface area contributed by atoms with Crippen LogP contribution in [0, 0.1) is 11.3 Å². The minimum absolute atomic E-state index is 0.0534. The summed E-state index contributed by atoms with van der Waals surface area (Å²) in [6, 6.07) is 14.6. The number of carboxylic acids is 1. The summed E-state index contributed by atoms with van der Waals surface area (Å²) in [7, 11) is 0. The molecule has 0 bridgehead atoms.